The smallest absolute Gasteiger partial charge is 0.0500 e. The summed E-state index contributed by atoms with van der Waals surface area (Å²) in [5, 5.41) is 1.36. The molecule has 2 nitrogen and oxygen atoms in total. The summed E-state index contributed by atoms with van der Waals surface area (Å²) in [6, 6.07) is 6.13. The molecule has 0 amide bonds. The molecule has 2 atom stereocenters. The van der Waals surface area contributed by atoms with Gasteiger partial charge in [-0.05, 0) is 36.1 Å². The first kappa shape index (κ1) is 14.1. The van der Waals surface area contributed by atoms with Crippen molar-refractivity contribution in [2.75, 3.05) is 13.1 Å². The zero-order valence-corrected chi connectivity index (χ0v) is 12.4. The largest absolute Gasteiger partial charge is 0.326 e. The summed E-state index contributed by atoms with van der Waals surface area (Å²) < 4.78 is 0. The quantitative estimate of drug-likeness (QED) is 0.918. The fraction of sp³-hybridized carbons (Fsp3) is 0.571. The van der Waals surface area contributed by atoms with Crippen molar-refractivity contribution in [3.63, 3.8) is 0 Å². The molecule has 2 N–H and O–H groups in total. The van der Waals surface area contributed by atoms with E-state index < -0.39 is 0 Å². The molecule has 100 valence electrons. The van der Waals surface area contributed by atoms with Crippen molar-refractivity contribution in [2.45, 2.75) is 32.4 Å². The van der Waals surface area contributed by atoms with Crippen molar-refractivity contribution >= 4 is 23.2 Å². The Labute approximate surface area is 119 Å². The molecule has 2 rings (SSSR count). The molecule has 1 aliphatic heterocycles. The molecule has 1 aromatic carbocycles. The third-order valence-electron chi connectivity index (χ3n) is 3.37. The number of nitrogens with two attached hydrogens (primary N) is 1. The van der Waals surface area contributed by atoms with E-state index in [0.29, 0.717) is 16.0 Å². The molecule has 0 radical (unpaired) electrons. The van der Waals surface area contributed by atoms with Gasteiger partial charge in [-0.2, -0.15) is 0 Å². The van der Waals surface area contributed by atoms with E-state index in [-0.39, 0.29) is 12.1 Å². The van der Waals surface area contributed by atoms with Crippen LogP contribution < -0.4 is 5.73 Å². The highest BCUT2D eigenvalue weighted by molar-refractivity contribution is 6.34. The molecule has 18 heavy (non-hydrogen) atoms. The average molecular weight is 287 g/mol. The highest BCUT2D eigenvalue weighted by Crippen LogP contribution is 2.34. The minimum atomic E-state index is 0.165. The van der Waals surface area contributed by atoms with E-state index in [1.165, 1.54) is 0 Å². The summed E-state index contributed by atoms with van der Waals surface area (Å²) in [6.45, 7) is 6.56. The Kier molecular flexibility index (Phi) is 4.54. The molecule has 4 heteroatoms. The Morgan fingerprint density at radius 3 is 2.44 bits per heavy atom. The van der Waals surface area contributed by atoms with Gasteiger partial charge in [-0.15, -0.1) is 0 Å². The van der Waals surface area contributed by atoms with Crippen LogP contribution >= 0.6 is 23.2 Å². The number of benzene rings is 1. The second kappa shape index (κ2) is 5.79. The molecule has 1 aliphatic rings. The fourth-order valence-corrected chi connectivity index (χ4v) is 3.30. The minimum Gasteiger partial charge on any atom is -0.326 e. The first-order valence-corrected chi connectivity index (χ1v) is 7.18. The van der Waals surface area contributed by atoms with E-state index >= 15 is 0 Å². The zero-order valence-electron chi connectivity index (χ0n) is 10.9. The van der Waals surface area contributed by atoms with Crippen LogP contribution in [0.3, 0.4) is 0 Å². The number of hydrogen-bond acceptors (Lipinski definition) is 2. The monoisotopic (exact) mass is 286 g/mol. The Morgan fingerprint density at radius 1 is 1.28 bits per heavy atom. The van der Waals surface area contributed by atoms with Crippen molar-refractivity contribution in [3.8, 4) is 0 Å². The molecule has 1 aromatic rings. The van der Waals surface area contributed by atoms with Gasteiger partial charge in [0.05, 0.1) is 6.04 Å². The molecule has 1 fully saturated rings. The first-order valence-electron chi connectivity index (χ1n) is 6.43. The minimum absolute atomic E-state index is 0.165. The van der Waals surface area contributed by atoms with Crippen LogP contribution in [-0.2, 0) is 0 Å². The van der Waals surface area contributed by atoms with Crippen LogP contribution in [-0.4, -0.2) is 24.0 Å². The number of halogens is 2. The molecular formula is C14H20Cl2N2. The lowest BCUT2D eigenvalue weighted by Gasteiger charge is -2.28. The lowest BCUT2D eigenvalue weighted by atomic mass is 10.0. The van der Waals surface area contributed by atoms with E-state index in [0.717, 1.165) is 25.1 Å². The Balaban J connectivity index is 2.27. The van der Waals surface area contributed by atoms with Crippen LogP contribution in [0.15, 0.2) is 18.2 Å². The van der Waals surface area contributed by atoms with E-state index in [9.17, 15) is 0 Å². The van der Waals surface area contributed by atoms with Crippen LogP contribution in [0, 0.1) is 5.92 Å². The highest BCUT2D eigenvalue weighted by Gasteiger charge is 2.33. The molecule has 1 saturated heterocycles. The molecule has 0 spiro atoms. The normalized spacial score (nSPS) is 25.0. The van der Waals surface area contributed by atoms with Gasteiger partial charge >= 0.3 is 0 Å². The van der Waals surface area contributed by atoms with E-state index in [4.69, 9.17) is 28.9 Å². The van der Waals surface area contributed by atoms with Crippen LogP contribution in [0.2, 0.25) is 10.0 Å². The third-order valence-corrected chi connectivity index (χ3v) is 3.81. The van der Waals surface area contributed by atoms with Crippen molar-refractivity contribution < 1.29 is 0 Å². The van der Waals surface area contributed by atoms with Gasteiger partial charge in [0.15, 0.2) is 0 Å². The van der Waals surface area contributed by atoms with Crippen LogP contribution in [0.4, 0.5) is 0 Å². The standard InChI is InChI=1S/C14H20Cl2N2/c1-9(2)8-18-4-3-13(17)14(18)10-5-11(15)7-12(16)6-10/h5-7,9,13-14H,3-4,8,17H2,1-2H3. The summed E-state index contributed by atoms with van der Waals surface area (Å²) in [4.78, 5) is 2.44. The van der Waals surface area contributed by atoms with E-state index in [1.54, 1.807) is 6.07 Å². The van der Waals surface area contributed by atoms with Crippen LogP contribution in [0.5, 0.6) is 0 Å². The van der Waals surface area contributed by atoms with Gasteiger partial charge in [0.25, 0.3) is 0 Å². The van der Waals surface area contributed by atoms with Gasteiger partial charge < -0.3 is 5.73 Å². The molecule has 0 aromatic heterocycles. The third kappa shape index (κ3) is 3.18. The SMILES string of the molecule is CC(C)CN1CCC(N)C1c1cc(Cl)cc(Cl)c1. The summed E-state index contributed by atoms with van der Waals surface area (Å²) in [5.74, 6) is 0.632. The predicted molar refractivity (Wildman–Crippen MR) is 78.2 cm³/mol. The van der Waals surface area contributed by atoms with Gasteiger partial charge in [-0.25, -0.2) is 0 Å². The Bertz CT molecular complexity index is 400. The molecule has 2 unspecified atom stereocenters. The lowest BCUT2D eigenvalue weighted by molar-refractivity contribution is 0.221. The maximum Gasteiger partial charge on any atom is 0.0500 e. The van der Waals surface area contributed by atoms with Crippen LogP contribution in [0.1, 0.15) is 31.9 Å². The molecular weight excluding hydrogens is 267 g/mol. The van der Waals surface area contributed by atoms with E-state index in [1.807, 2.05) is 12.1 Å². The maximum atomic E-state index is 6.25. The van der Waals surface area contributed by atoms with Gasteiger partial charge in [0.1, 0.15) is 0 Å². The summed E-state index contributed by atoms with van der Waals surface area (Å²) >= 11 is 12.2. The van der Waals surface area contributed by atoms with Gasteiger partial charge in [-0.1, -0.05) is 37.0 Å². The maximum absolute atomic E-state index is 6.25. The number of rotatable bonds is 3. The molecule has 1 heterocycles. The fourth-order valence-electron chi connectivity index (χ4n) is 2.76. The topological polar surface area (TPSA) is 29.3 Å². The van der Waals surface area contributed by atoms with Crippen molar-refractivity contribution in [1.29, 1.82) is 0 Å². The molecule has 0 bridgehead atoms. The zero-order chi connectivity index (χ0) is 13.3. The van der Waals surface area contributed by atoms with Gasteiger partial charge in [-0.3, -0.25) is 4.90 Å². The average Bonchev–Trinajstić information content (AvgIpc) is 2.57. The van der Waals surface area contributed by atoms with Crippen molar-refractivity contribution in [1.82, 2.24) is 4.90 Å². The van der Waals surface area contributed by atoms with E-state index in [2.05, 4.69) is 18.7 Å². The molecule has 0 saturated carbocycles. The second-order valence-corrected chi connectivity index (χ2v) is 6.36. The van der Waals surface area contributed by atoms with Gasteiger partial charge in [0, 0.05) is 29.2 Å². The molecule has 0 aliphatic carbocycles. The summed E-state index contributed by atoms with van der Waals surface area (Å²) in [6.07, 6.45) is 1.03. The number of hydrogen-bond donors (Lipinski definition) is 1. The second-order valence-electron chi connectivity index (χ2n) is 5.49. The Morgan fingerprint density at radius 2 is 1.89 bits per heavy atom. The highest BCUT2D eigenvalue weighted by atomic mass is 35.5. The lowest BCUT2D eigenvalue weighted by Crippen LogP contribution is -2.33. The van der Waals surface area contributed by atoms with Crippen molar-refractivity contribution in [2.24, 2.45) is 11.7 Å². The van der Waals surface area contributed by atoms with Gasteiger partial charge in [0.2, 0.25) is 0 Å². The number of nitrogens with zero attached hydrogens (tertiary/aromatic N) is 1. The number of likely N-dealkylation sites (tertiary alicyclic amines) is 1. The van der Waals surface area contributed by atoms with Crippen LogP contribution in [0.25, 0.3) is 0 Å². The first-order chi connectivity index (χ1) is 8.47. The summed E-state index contributed by atoms with van der Waals surface area (Å²) in [5.41, 5.74) is 7.39. The Hall–Kier alpha value is -0.280. The van der Waals surface area contributed by atoms with Crippen molar-refractivity contribution in [3.05, 3.63) is 33.8 Å². The summed E-state index contributed by atoms with van der Waals surface area (Å²) in [7, 11) is 0. The predicted octanol–water partition coefficient (Wildman–Crippen LogP) is 3.72.